The van der Waals surface area contributed by atoms with Crippen LogP contribution in [0.1, 0.15) is 37.8 Å². The summed E-state index contributed by atoms with van der Waals surface area (Å²) in [5.74, 6) is 0.325. The molecule has 94 valence electrons. The molecule has 2 heteroatoms. The predicted molar refractivity (Wildman–Crippen MR) is 69.0 cm³/mol. The highest BCUT2D eigenvalue weighted by atomic mass is 16.3. The van der Waals surface area contributed by atoms with E-state index in [1.54, 1.807) is 0 Å². The molecular weight excluding hydrogens is 212 g/mol. The van der Waals surface area contributed by atoms with E-state index in [-0.39, 0.29) is 18.1 Å². The van der Waals surface area contributed by atoms with Gasteiger partial charge in [0, 0.05) is 12.0 Å². The minimum Gasteiger partial charge on any atom is -0.396 e. The molecule has 2 N–H and O–H groups in total. The summed E-state index contributed by atoms with van der Waals surface area (Å²) < 4.78 is 0. The molecule has 1 aliphatic rings. The molecule has 1 aromatic rings. The van der Waals surface area contributed by atoms with Gasteiger partial charge in [0.1, 0.15) is 0 Å². The van der Waals surface area contributed by atoms with E-state index in [0.29, 0.717) is 12.3 Å². The summed E-state index contributed by atoms with van der Waals surface area (Å²) in [6.07, 6.45) is 2.04. The molecule has 0 bridgehead atoms. The molecule has 1 aromatic carbocycles. The molecule has 0 saturated heterocycles. The molecule has 17 heavy (non-hydrogen) atoms. The summed E-state index contributed by atoms with van der Waals surface area (Å²) >= 11 is 0. The molecule has 0 aromatic heterocycles. The summed E-state index contributed by atoms with van der Waals surface area (Å²) in [4.78, 5) is 0. The summed E-state index contributed by atoms with van der Waals surface area (Å²) in [6, 6.07) is 8.36. The van der Waals surface area contributed by atoms with Crippen molar-refractivity contribution in [3.05, 3.63) is 35.4 Å². The van der Waals surface area contributed by atoms with Gasteiger partial charge in [0.2, 0.25) is 0 Å². The molecule has 2 atom stereocenters. The molecule has 0 unspecified atom stereocenters. The van der Waals surface area contributed by atoms with Crippen LogP contribution in [0.3, 0.4) is 0 Å². The first kappa shape index (κ1) is 12.6. The third kappa shape index (κ3) is 1.90. The molecule has 0 spiro atoms. The van der Waals surface area contributed by atoms with Crippen LogP contribution in [-0.4, -0.2) is 22.9 Å². The monoisotopic (exact) mass is 234 g/mol. The third-order valence-corrected chi connectivity index (χ3v) is 4.36. The number of rotatable bonds is 3. The van der Waals surface area contributed by atoms with Crippen LogP contribution >= 0.6 is 0 Å². The van der Waals surface area contributed by atoms with Crippen LogP contribution in [0.25, 0.3) is 0 Å². The van der Waals surface area contributed by atoms with E-state index < -0.39 is 0 Å². The van der Waals surface area contributed by atoms with Crippen molar-refractivity contribution in [3.8, 4) is 0 Å². The van der Waals surface area contributed by atoms with Crippen LogP contribution in [-0.2, 0) is 11.8 Å². The molecule has 2 nitrogen and oxygen atoms in total. The lowest BCUT2D eigenvalue weighted by molar-refractivity contribution is 0.0180. The largest absolute Gasteiger partial charge is 0.396 e. The van der Waals surface area contributed by atoms with Crippen molar-refractivity contribution in [2.45, 2.75) is 44.6 Å². The van der Waals surface area contributed by atoms with Gasteiger partial charge in [-0.05, 0) is 36.3 Å². The Kier molecular flexibility index (Phi) is 3.55. The summed E-state index contributed by atoms with van der Waals surface area (Å²) in [5, 5.41) is 19.8. The van der Waals surface area contributed by atoms with Gasteiger partial charge in [-0.25, -0.2) is 0 Å². The summed E-state index contributed by atoms with van der Waals surface area (Å²) in [5.41, 5.74) is 2.30. The molecular formula is C15H22O2. The molecule has 0 saturated carbocycles. The van der Waals surface area contributed by atoms with Gasteiger partial charge < -0.3 is 10.2 Å². The highest BCUT2D eigenvalue weighted by Gasteiger charge is 2.45. The molecule has 0 fully saturated rings. The molecule has 0 radical (unpaired) electrons. The van der Waals surface area contributed by atoms with Crippen LogP contribution in [0, 0.1) is 5.92 Å². The number of aliphatic hydroxyl groups excluding tert-OH is 2. The molecule has 0 aliphatic heterocycles. The Morgan fingerprint density at radius 1 is 1.35 bits per heavy atom. The summed E-state index contributed by atoms with van der Waals surface area (Å²) in [7, 11) is 0. The second kappa shape index (κ2) is 4.79. The highest BCUT2D eigenvalue weighted by Crippen LogP contribution is 2.45. The maximum absolute atomic E-state index is 10.5. The Morgan fingerprint density at radius 3 is 2.71 bits per heavy atom. The van der Waals surface area contributed by atoms with Crippen LogP contribution in [0.15, 0.2) is 24.3 Å². The number of benzene rings is 1. The average molecular weight is 234 g/mol. The minimum atomic E-state index is -0.343. The van der Waals surface area contributed by atoms with Crippen molar-refractivity contribution in [2.24, 2.45) is 5.92 Å². The first-order valence-electron chi connectivity index (χ1n) is 6.50. The normalized spacial score (nSPS) is 28.2. The average Bonchev–Trinajstić information content (AvgIpc) is 2.32. The number of hydrogen-bond acceptors (Lipinski definition) is 2. The zero-order chi connectivity index (χ0) is 12.5. The van der Waals surface area contributed by atoms with Crippen molar-refractivity contribution in [3.63, 3.8) is 0 Å². The standard InChI is InChI=1S/C15H22O2/c1-11(2)15(9-10-16)13-6-4-3-5-12(13)7-8-14(15)17/h3-6,11,14,16-17H,7-10H2,1-2H3/t14-,15+/m0/s1. The van der Waals surface area contributed by atoms with E-state index in [1.165, 1.54) is 11.1 Å². The van der Waals surface area contributed by atoms with E-state index in [1.807, 2.05) is 6.07 Å². The predicted octanol–water partition coefficient (Wildman–Crippen LogP) is 2.27. The highest BCUT2D eigenvalue weighted by molar-refractivity contribution is 5.39. The fourth-order valence-corrected chi connectivity index (χ4v) is 3.39. The van der Waals surface area contributed by atoms with Gasteiger partial charge in [0.25, 0.3) is 0 Å². The maximum Gasteiger partial charge on any atom is 0.0643 e. The van der Waals surface area contributed by atoms with Gasteiger partial charge in [-0.1, -0.05) is 38.1 Å². The van der Waals surface area contributed by atoms with Gasteiger partial charge in [-0.3, -0.25) is 0 Å². The smallest absolute Gasteiger partial charge is 0.0643 e. The van der Waals surface area contributed by atoms with E-state index >= 15 is 0 Å². The van der Waals surface area contributed by atoms with Crippen LogP contribution in [0.5, 0.6) is 0 Å². The quantitative estimate of drug-likeness (QED) is 0.842. The lowest BCUT2D eigenvalue weighted by Crippen LogP contribution is -2.48. The SMILES string of the molecule is CC(C)[C@]1(CCO)c2ccccc2CC[C@@H]1O. The second-order valence-corrected chi connectivity index (χ2v) is 5.38. The van der Waals surface area contributed by atoms with Gasteiger partial charge in [-0.2, -0.15) is 0 Å². The summed E-state index contributed by atoms with van der Waals surface area (Å²) in [6.45, 7) is 4.41. The fourth-order valence-electron chi connectivity index (χ4n) is 3.39. The molecule has 0 heterocycles. The first-order valence-corrected chi connectivity index (χ1v) is 6.50. The van der Waals surface area contributed by atoms with E-state index in [0.717, 1.165) is 12.8 Å². The third-order valence-electron chi connectivity index (χ3n) is 4.36. The Balaban J connectivity index is 2.55. The van der Waals surface area contributed by atoms with Crippen LogP contribution in [0.4, 0.5) is 0 Å². The van der Waals surface area contributed by atoms with Gasteiger partial charge in [0.15, 0.2) is 0 Å². The van der Waals surface area contributed by atoms with Crippen molar-refractivity contribution < 1.29 is 10.2 Å². The Bertz CT molecular complexity index is 386. The zero-order valence-electron chi connectivity index (χ0n) is 10.7. The van der Waals surface area contributed by atoms with Gasteiger partial charge in [-0.15, -0.1) is 0 Å². The Hall–Kier alpha value is -0.860. The lowest BCUT2D eigenvalue weighted by Gasteiger charge is -2.46. The second-order valence-electron chi connectivity index (χ2n) is 5.38. The van der Waals surface area contributed by atoms with Gasteiger partial charge in [0.05, 0.1) is 6.10 Å². The first-order chi connectivity index (χ1) is 8.13. The zero-order valence-corrected chi connectivity index (χ0v) is 10.7. The van der Waals surface area contributed by atoms with Crippen molar-refractivity contribution in [1.29, 1.82) is 0 Å². The van der Waals surface area contributed by atoms with Crippen molar-refractivity contribution in [2.75, 3.05) is 6.61 Å². The Morgan fingerprint density at radius 2 is 2.06 bits per heavy atom. The van der Waals surface area contributed by atoms with E-state index in [4.69, 9.17) is 0 Å². The molecule has 1 aliphatic carbocycles. The van der Waals surface area contributed by atoms with Crippen LogP contribution < -0.4 is 0 Å². The van der Waals surface area contributed by atoms with E-state index in [2.05, 4.69) is 32.0 Å². The topological polar surface area (TPSA) is 40.5 Å². The minimum absolute atomic E-state index is 0.129. The van der Waals surface area contributed by atoms with E-state index in [9.17, 15) is 10.2 Å². The number of fused-ring (bicyclic) bond motifs is 1. The fraction of sp³-hybridized carbons (Fsp3) is 0.600. The lowest BCUT2D eigenvalue weighted by atomic mass is 9.60. The number of hydrogen-bond donors (Lipinski definition) is 2. The maximum atomic E-state index is 10.5. The molecule has 0 amide bonds. The van der Waals surface area contributed by atoms with Crippen molar-refractivity contribution >= 4 is 0 Å². The van der Waals surface area contributed by atoms with Crippen LogP contribution in [0.2, 0.25) is 0 Å². The van der Waals surface area contributed by atoms with Crippen molar-refractivity contribution in [1.82, 2.24) is 0 Å². The van der Waals surface area contributed by atoms with Gasteiger partial charge >= 0.3 is 0 Å². The number of aryl methyl sites for hydroxylation is 1. The number of aliphatic hydroxyl groups is 2. The molecule has 2 rings (SSSR count). The Labute approximate surface area is 103 Å².